The van der Waals surface area contributed by atoms with E-state index < -0.39 is 18.0 Å². The van der Waals surface area contributed by atoms with Crippen LogP contribution in [0.4, 0.5) is 0 Å². The molecule has 0 aliphatic carbocycles. The molecule has 8 atom stereocenters. The minimum Gasteiger partial charge on any atom is -0.494 e. The van der Waals surface area contributed by atoms with E-state index in [0.29, 0.717) is 37.5 Å². The summed E-state index contributed by atoms with van der Waals surface area (Å²) in [6, 6.07) is 7.12. The second kappa shape index (κ2) is 19.7. The van der Waals surface area contributed by atoms with E-state index in [4.69, 9.17) is 28.8 Å². The number of carboxylic acid groups (broad SMARTS) is 1. The number of hydrogen-bond donors (Lipinski definition) is 3. The highest BCUT2D eigenvalue weighted by atomic mass is 16.6. The standard InChI is InChI=1S/C40H55N3O10/c1-25(10-17-36-26(2)20-35(29(5)52-36)41-37(45)18-11-27(3)51-30(6)44)9-14-33-22-40(24-50-40)23-34(53-33)21-38(46)43-42-28(4)31-12-15-32(16-13-31)49-19-7-8-39(47)48/h9-16,18,26-27,29,33-36H,7-8,17,19-24H2,1-6H3,(H,41,45)(H,43,46)(H,47,48)/b14-9+,18-11-,25-10+,42-28-/t26-,27-,29+,33+,34+,35+,36-,40+/m0/s1. The second-order valence-electron chi connectivity index (χ2n) is 14.4. The molecule has 0 bridgehead atoms. The van der Waals surface area contributed by atoms with Crippen molar-refractivity contribution in [3.05, 3.63) is 65.8 Å². The molecule has 1 aromatic carbocycles. The molecule has 3 fully saturated rings. The molecule has 0 aromatic heterocycles. The average Bonchev–Trinajstić information content (AvgIpc) is 3.84. The number of ether oxygens (including phenoxy) is 5. The van der Waals surface area contributed by atoms with Crippen LogP contribution in [0, 0.1) is 5.92 Å². The number of nitrogens with zero attached hydrogens (tertiary/aromatic N) is 1. The molecule has 0 unspecified atom stereocenters. The first-order valence-electron chi connectivity index (χ1n) is 18.4. The highest BCUT2D eigenvalue weighted by molar-refractivity contribution is 5.99. The number of nitrogens with one attached hydrogen (secondary N) is 2. The van der Waals surface area contributed by atoms with E-state index in [1.54, 1.807) is 32.1 Å². The lowest BCUT2D eigenvalue weighted by molar-refractivity contribution is -0.143. The van der Waals surface area contributed by atoms with Crippen molar-refractivity contribution in [2.75, 3.05) is 13.2 Å². The fourth-order valence-electron chi connectivity index (χ4n) is 6.55. The van der Waals surface area contributed by atoms with Gasteiger partial charge < -0.3 is 34.1 Å². The quantitative estimate of drug-likeness (QED) is 0.0368. The molecule has 3 aliphatic heterocycles. The van der Waals surface area contributed by atoms with Crippen molar-refractivity contribution in [3.8, 4) is 5.75 Å². The van der Waals surface area contributed by atoms with Crippen LogP contribution in [-0.4, -0.2) is 89.9 Å². The number of carbonyl (C=O) groups is 4. The first kappa shape index (κ1) is 41.4. The van der Waals surface area contributed by atoms with Crippen molar-refractivity contribution < 1.29 is 48.0 Å². The number of allylic oxidation sites excluding steroid dienone is 2. The molecule has 3 heterocycles. The van der Waals surface area contributed by atoms with Crippen molar-refractivity contribution in [1.82, 2.24) is 10.7 Å². The summed E-state index contributed by atoms with van der Waals surface area (Å²) in [6.45, 7) is 12.0. The van der Waals surface area contributed by atoms with E-state index in [2.05, 4.69) is 28.8 Å². The van der Waals surface area contributed by atoms with Gasteiger partial charge in [0.05, 0.1) is 61.4 Å². The molecular formula is C40H55N3O10. The number of carboxylic acids is 1. The van der Waals surface area contributed by atoms with E-state index >= 15 is 0 Å². The topological polar surface area (TPSA) is 174 Å². The SMILES string of the molecule is CC(=O)O[C@@H](C)/C=C\C(=O)N[C@@H]1C[C@H](C)[C@H](C/C=C(C)/C=C/[C@@H]2C[C@]3(CO3)C[C@@H](CC(=O)N/N=C(/C)c3ccc(OCCCC(=O)O)cc3)O2)O[C@@H]1C. The van der Waals surface area contributed by atoms with Crippen LogP contribution in [0.1, 0.15) is 92.1 Å². The lowest BCUT2D eigenvalue weighted by Gasteiger charge is -2.39. The largest absolute Gasteiger partial charge is 0.494 e. The molecule has 13 nitrogen and oxygen atoms in total. The van der Waals surface area contributed by atoms with Gasteiger partial charge >= 0.3 is 11.9 Å². The smallest absolute Gasteiger partial charge is 0.303 e. The Kier molecular flexibility index (Phi) is 15.4. The number of esters is 1. The van der Waals surface area contributed by atoms with E-state index in [9.17, 15) is 19.2 Å². The lowest BCUT2D eigenvalue weighted by atomic mass is 9.88. The van der Waals surface area contributed by atoms with Gasteiger partial charge in [-0.25, -0.2) is 5.43 Å². The van der Waals surface area contributed by atoms with Gasteiger partial charge in [0, 0.05) is 32.3 Å². The van der Waals surface area contributed by atoms with Gasteiger partial charge in [0.2, 0.25) is 11.8 Å². The zero-order chi connectivity index (χ0) is 38.5. The Morgan fingerprint density at radius 2 is 1.81 bits per heavy atom. The number of aliphatic carboxylic acids is 1. The molecular weight excluding hydrogens is 682 g/mol. The molecule has 0 radical (unpaired) electrons. The van der Waals surface area contributed by atoms with Crippen molar-refractivity contribution in [2.45, 2.75) is 129 Å². The summed E-state index contributed by atoms with van der Waals surface area (Å²) in [7, 11) is 0. The predicted molar refractivity (Wildman–Crippen MR) is 198 cm³/mol. The van der Waals surface area contributed by atoms with Crippen LogP contribution in [0.5, 0.6) is 5.75 Å². The summed E-state index contributed by atoms with van der Waals surface area (Å²) in [6.07, 6.45) is 11.6. The van der Waals surface area contributed by atoms with Gasteiger partial charge in [-0.15, -0.1) is 0 Å². The maximum absolute atomic E-state index is 12.9. The molecule has 4 rings (SSSR count). The maximum atomic E-state index is 12.9. The van der Waals surface area contributed by atoms with Gasteiger partial charge in [0.25, 0.3) is 0 Å². The first-order chi connectivity index (χ1) is 25.2. The molecule has 13 heteroatoms. The summed E-state index contributed by atoms with van der Waals surface area (Å²) in [5.74, 6) is -0.874. The zero-order valence-corrected chi connectivity index (χ0v) is 31.7. The van der Waals surface area contributed by atoms with Crippen LogP contribution in [0.2, 0.25) is 0 Å². The summed E-state index contributed by atoms with van der Waals surface area (Å²) in [5.41, 5.74) is 4.93. The van der Waals surface area contributed by atoms with Gasteiger partial charge in [-0.1, -0.05) is 30.7 Å². The van der Waals surface area contributed by atoms with Crippen LogP contribution >= 0.6 is 0 Å². The first-order valence-corrected chi connectivity index (χ1v) is 18.4. The van der Waals surface area contributed by atoms with Crippen molar-refractivity contribution in [2.24, 2.45) is 11.0 Å². The molecule has 3 N–H and O–H groups in total. The van der Waals surface area contributed by atoms with Crippen molar-refractivity contribution >= 4 is 29.5 Å². The molecule has 1 aromatic rings. The monoisotopic (exact) mass is 737 g/mol. The number of amides is 2. The van der Waals surface area contributed by atoms with Crippen LogP contribution < -0.4 is 15.5 Å². The Bertz CT molecular complexity index is 1550. The Balaban J connectivity index is 1.21. The molecule has 3 aliphatic rings. The highest BCUT2D eigenvalue weighted by Gasteiger charge is 2.51. The van der Waals surface area contributed by atoms with E-state index in [1.165, 1.54) is 13.0 Å². The van der Waals surface area contributed by atoms with E-state index in [-0.39, 0.29) is 66.6 Å². The van der Waals surface area contributed by atoms with Gasteiger partial charge in [-0.3, -0.25) is 19.2 Å². The fourth-order valence-corrected chi connectivity index (χ4v) is 6.55. The van der Waals surface area contributed by atoms with E-state index in [0.717, 1.165) is 30.4 Å². The lowest BCUT2D eigenvalue weighted by Crippen LogP contribution is -2.50. The zero-order valence-electron chi connectivity index (χ0n) is 31.7. The summed E-state index contributed by atoms with van der Waals surface area (Å²) < 4.78 is 29.1. The van der Waals surface area contributed by atoms with Gasteiger partial charge in [-0.05, 0) is 88.8 Å². The van der Waals surface area contributed by atoms with Crippen LogP contribution in [-0.2, 0) is 38.1 Å². The van der Waals surface area contributed by atoms with Gasteiger partial charge in [0.15, 0.2) is 0 Å². The van der Waals surface area contributed by atoms with E-state index in [1.807, 2.05) is 38.1 Å². The molecule has 1 spiro atoms. The normalized spacial score (nSPS) is 28.1. The molecule has 290 valence electrons. The fraction of sp³-hybridized carbons (Fsp3) is 0.575. The third-order valence-corrected chi connectivity index (χ3v) is 9.59. The predicted octanol–water partition coefficient (Wildman–Crippen LogP) is 5.18. The van der Waals surface area contributed by atoms with Crippen molar-refractivity contribution in [3.63, 3.8) is 0 Å². The number of rotatable bonds is 17. The highest BCUT2D eigenvalue weighted by Crippen LogP contribution is 2.43. The Morgan fingerprint density at radius 1 is 1.08 bits per heavy atom. The average molecular weight is 738 g/mol. The van der Waals surface area contributed by atoms with Gasteiger partial charge in [-0.2, -0.15) is 5.10 Å². The Morgan fingerprint density at radius 3 is 2.49 bits per heavy atom. The van der Waals surface area contributed by atoms with Crippen LogP contribution in [0.3, 0.4) is 0 Å². The number of epoxide rings is 1. The van der Waals surface area contributed by atoms with Gasteiger partial charge in [0.1, 0.15) is 11.9 Å². The molecule has 3 saturated heterocycles. The molecule has 53 heavy (non-hydrogen) atoms. The Labute approximate surface area is 312 Å². The molecule has 0 saturated carbocycles. The summed E-state index contributed by atoms with van der Waals surface area (Å²) >= 11 is 0. The van der Waals surface area contributed by atoms with Crippen molar-refractivity contribution in [1.29, 1.82) is 0 Å². The minimum absolute atomic E-state index is 0.0134. The summed E-state index contributed by atoms with van der Waals surface area (Å²) in [4.78, 5) is 47.1. The van der Waals surface area contributed by atoms with Crippen LogP contribution in [0.25, 0.3) is 0 Å². The third kappa shape index (κ3) is 14.2. The number of hydrogen-bond acceptors (Lipinski definition) is 10. The minimum atomic E-state index is -0.849. The number of benzene rings is 1. The number of carbonyl (C=O) groups excluding carboxylic acids is 3. The number of hydrazone groups is 1. The third-order valence-electron chi connectivity index (χ3n) is 9.59. The van der Waals surface area contributed by atoms with Crippen LogP contribution in [0.15, 0.2) is 65.3 Å². The molecule has 2 amide bonds. The summed E-state index contributed by atoms with van der Waals surface area (Å²) in [5, 5.41) is 16.0. The Hall–Kier alpha value is -4.33. The maximum Gasteiger partial charge on any atom is 0.303 e. The second-order valence-corrected chi connectivity index (χ2v) is 14.4.